The molecular weight excluding hydrogens is 404 g/mol. The fourth-order valence-corrected chi connectivity index (χ4v) is 3.99. The number of rotatable bonds is 13. The molecule has 0 atom stereocenters. The number of aliphatic hydroxyl groups excluding tert-OH is 1. The Labute approximate surface area is 201 Å². The minimum absolute atomic E-state index is 0.457. The summed E-state index contributed by atoms with van der Waals surface area (Å²) < 4.78 is 0. The van der Waals surface area contributed by atoms with Crippen molar-refractivity contribution in [3.05, 3.63) is 102 Å². The number of para-hydroxylation sites is 1. The van der Waals surface area contributed by atoms with Gasteiger partial charge in [0, 0.05) is 0 Å². The van der Waals surface area contributed by atoms with E-state index in [4.69, 9.17) is 0 Å². The lowest BCUT2D eigenvalue weighted by atomic mass is 10.0. The van der Waals surface area contributed by atoms with Crippen molar-refractivity contribution in [1.29, 1.82) is 0 Å². The molecule has 33 heavy (non-hydrogen) atoms. The maximum Gasteiger partial charge on any atom is 0.118 e. The van der Waals surface area contributed by atoms with Crippen LogP contribution in [0, 0.1) is 0 Å². The van der Waals surface area contributed by atoms with Gasteiger partial charge in [-0.25, -0.2) is 0 Å². The molecule has 0 amide bonds. The molecule has 0 bridgehead atoms. The van der Waals surface area contributed by atoms with E-state index in [1.54, 1.807) is 6.07 Å². The molecule has 2 N–H and O–H groups in total. The van der Waals surface area contributed by atoms with Crippen molar-refractivity contribution >= 4 is 0 Å². The number of phenols is 1. The van der Waals surface area contributed by atoms with Crippen molar-refractivity contribution in [2.45, 2.75) is 83.7 Å². The molecule has 178 valence electrons. The largest absolute Gasteiger partial charge is 0.508 e. The molecule has 3 aromatic rings. The molecular formula is C31H42O2. The molecule has 0 unspecified atom stereocenters. The molecule has 0 heterocycles. The average molecular weight is 447 g/mol. The Hall–Kier alpha value is -2.58. The number of benzene rings is 3. The fourth-order valence-electron chi connectivity index (χ4n) is 3.99. The third-order valence-corrected chi connectivity index (χ3v) is 6.02. The van der Waals surface area contributed by atoms with Gasteiger partial charge in [-0.15, -0.1) is 0 Å². The van der Waals surface area contributed by atoms with E-state index in [0.29, 0.717) is 5.75 Å². The number of unbranched alkanes of at least 4 members (excludes halogenated alkanes) is 9. The SMILES string of the molecule is CCCCCCCCCCCCc1ccccc1O.OC(c1ccccc1)c1ccccc1. The van der Waals surface area contributed by atoms with Crippen LogP contribution in [-0.4, -0.2) is 10.2 Å². The van der Waals surface area contributed by atoms with Crippen molar-refractivity contribution in [3.63, 3.8) is 0 Å². The van der Waals surface area contributed by atoms with Gasteiger partial charge in [-0.2, -0.15) is 0 Å². The predicted octanol–water partition coefficient (Wildman–Crippen LogP) is 8.62. The first-order valence-electron chi connectivity index (χ1n) is 12.8. The van der Waals surface area contributed by atoms with Gasteiger partial charge in [-0.3, -0.25) is 0 Å². The summed E-state index contributed by atoms with van der Waals surface area (Å²) in [6.07, 6.45) is 14.1. The van der Waals surface area contributed by atoms with E-state index in [9.17, 15) is 10.2 Å². The molecule has 0 aliphatic carbocycles. The number of hydrogen-bond donors (Lipinski definition) is 2. The first-order chi connectivity index (χ1) is 16.2. The van der Waals surface area contributed by atoms with Gasteiger partial charge in [-0.1, -0.05) is 144 Å². The molecule has 3 aromatic carbocycles. The summed E-state index contributed by atoms with van der Waals surface area (Å²) in [6.45, 7) is 2.27. The second-order valence-corrected chi connectivity index (χ2v) is 8.78. The van der Waals surface area contributed by atoms with Crippen molar-refractivity contribution in [3.8, 4) is 5.75 Å². The first kappa shape index (κ1) is 26.7. The van der Waals surface area contributed by atoms with Gasteiger partial charge in [0.2, 0.25) is 0 Å². The van der Waals surface area contributed by atoms with Crippen molar-refractivity contribution in [1.82, 2.24) is 0 Å². The quantitative estimate of drug-likeness (QED) is 0.258. The van der Waals surface area contributed by atoms with E-state index in [1.165, 1.54) is 64.2 Å². The van der Waals surface area contributed by atoms with E-state index < -0.39 is 6.10 Å². The van der Waals surface area contributed by atoms with Gasteiger partial charge in [0.1, 0.15) is 11.9 Å². The van der Waals surface area contributed by atoms with Crippen LogP contribution < -0.4 is 0 Å². The maximum absolute atomic E-state index is 9.99. The minimum Gasteiger partial charge on any atom is -0.508 e. The Bertz CT molecular complexity index is 806. The third kappa shape index (κ3) is 11.2. The van der Waals surface area contributed by atoms with Crippen LogP contribution in [0.3, 0.4) is 0 Å². The third-order valence-electron chi connectivity index (χ3n) is 6.02. The number of hydrogen-bond acceptors (Lipinski definition) is 2. The fraction of sp³-hybridized carbons (Fsp3) is 0.419. The summed E-state index contributed by atoms with van der Waals surface area (Å²) >= 11 is 0. The van der Waals surface area contributed by atoms with Gasteiger partial charge >= 0.3 is 0 Å². The van der Waals surface area contributed by atoms with Crippen molar-refractivity contribution in [2.75, 3.05) is 0 Å². The topological polar surface area (TPSA) is 40.5 Å². The average Bonchev–Trinajstić information content (AvgIpc) is 2.87. The molecule has 0 saturated heterocycles. The minimum atomic E-state index is -0.516. The summed E-state index contributed by atoms with van der Waals surface area (Å²) in [5.74, 6) is 0.457. The Morgan fingerprint density at radius 3 is 1.45 bits per heavy atom. The normalized spacial score (nSPS) is 10.6. The van der Waals surface area contributed by atoms with E-state index in [-0.39, 0.29) is 0 Å². The zero-order valence-electron chi connectivity index (χ0n) is 20.3. The van der Waals surface area contributed by atoms with Gasteiger partial charge in [0.15, 0.2) is 0 Å². The molecule has 0 saturated carbocycles. The number of aromatic hydroxyl groups is 1. The van der Waals surface area contributed by atoms with Crippen LogP contribution in [-0.2, 0) is 6.42 Å². The van der Waals surface area contributed by atoms with Gasteiger partial charge in [0.05, 0.1) is 0 Å². The Balaban J connectivity index is 0.000000243. The van der Waals surface area contributed by atoms with Crippen LogP contribution in [0.4, 0.5) is 0 Å². The summed E-state index contributed by atoms with van der Waals surface area (Å²) in [7, 11) is 0. The van der Waals surface area contributed by atoms with Crippen LogP contribution >= 0.6 is 0 Å². The van der Waals surface area contributed by atoms with E-state index in [0.717, 1.165) is 23.1 Å². The van der Waals surface area contributed by atoms with Crippen LogP contribution in [0.2, 0.25) is 0 Å². The monoisotopic (exact) mass is 446 g/mol. The van der Waals surface area contributed by atoms with E-state index in [2.05, 4.69) is 6.92 Å². The maximum atomic E-state index is 9.99. The zero-order chi connectivity index (χ0) is 23.6. The summed E-state index contributed by atoms with van der Waals surface area (Å²) in [5, 5.41) is 19.6. The summed E-state index contributed by atoms with van der Waals surface area (Å²) in [4.78, 5) is 0. The van der Waals surface area contributed by atoms with Gasteiger partial charge in [0.25, 0.3) is 0 Å². The molecule has 2 heteroatoms. The number of aryl methyl sites for hydroxylation is 1. The summed E-state index contributed by atoms with van der Waals surface area (Å²) in [5.41, 5.74) is 2.96. The van der Waals surface area contributed by atoms with Gasteiger partial charge < -0.3 is 10.2 Å². The highest BCUT2D eigenvalue weighted by Crippen LogP contribution is 2.21. The lowest BCUT2D eigenvalue weighted by Gasteiger charge is -2.10. The number of phenolic OH excluding ortho intramolecular Hbond substituents is 1. The molecule has 0 aromatic heterocycles. The molecule has 0 spiro atoms. The summed E-state index contributed by atoms with van der Waals surface area (Å²) in [6, 6.07) is 27.0. The van der Waals surface area contributed by atoms with Crippen LogP contribution in [0.5, 0.6) is 5.75 Å². The highest BCUT2D eigenvalue weighted by molar-refractivity contribution is 5.31. The van der Waals surface area contributed by atoms with E-state index in [1.807, 2.05) is 78.9 Å². The Morgan fingerprint density at radius 1 is 0.545 bits per heavy atom. The molecule has 3 rings (SSSR count). The van der Waals surface area contributed by atoms with Crippen molar-refractivity contribution < 1.29 is 10.2 Å². The van der Waals surface area contributed by atoms with Crippen LogP contribution in [0.15, 0.2) is 84.9 Å². The van der Waals surface area contributed by atoms with Gasteiger partial charge in [-0.05, 0) is 35.6 Å². The smallest absolute Gasteiger partial charge is 0.118 e. The molecule has 0 aliphatic heterocycles. The molecule has 0 aliphatic rings. The van der Waals surface area contributed by atoms with Crippen LogP contribution in [0.25, 0.3) is 0 Å². The molecule has 0 radical (unpaired) electrons. The number of aliphatic hydroxyl groups is 1. The highest BCUT2D eigenvalue weighted by atomic mass is 16.3. The highest BCUT2D eigenvalue weighted by Gasteiger charge is 2.07. The zero-order valence-corrected chi connectivity index (χ0v) is 20.3. The standard InChI is InChI=1S/C18H30O.C13H12O/c1-2-3-4-5-6-7-8-9-10-11-14-17-15-12-13-16-18(17)19;14-13(11-7-3-1-4-8-11)12-9-5-2-6-10-12/h12-13,15-16,19H,2-11,14H2,1H3;1-10,13-14H. The van der Waals surface area contributed by atoms with Crippen LogP contribution in [0.1, 0.15) is 93.9 Å². The first-order valence-corrected chi connectivity index (χ1v) is 12.8. The second kappa shape index (κ2) is 17.0. The Kier molecular flexibility index (Phi) is 13.7. The van der Waals surface area contributed by atoms with E-state index >= 15 is 0 Å². The van der Waals surface area contributed by atoms with Crippen molar-refractivity contribution in [2.24, 2.45) is 0 Å². The lowest BCUT2D eigenvalue weighted by molar-refractivity contribution is 0.220. The Morgan fingerprint density at radius 2 is 0.970 bits per heavy atom. The lowest BCUT2D eigenvalue weighted by Crippen LogP contribution is -1.98. The second-order valence-electron chi connectivity index (χ2n) is 8.78. The molecule has 2 nitrogen and oxygen atoms in total. The molecule has 0 fully saturated rings. The predicted molar refractivity (Wildman–Crippen MR) is 141 cm³/mol.